The summed E-state index contributed by atoms with van der Waals surface area (Å²) in [5.41, 5.74) is 1.13. The van der Waals surface area contributed by atoms with Crippen LogP contribution in [0.25, 0.3) is 15.5 Å². The van der Waals surface area contributed by atoms with E-state index in [9.17, 15) is 0 Å². The van der Waals surface area contributed by atoms with Crippen molar-refractivity contribution in [2.24, 2.45) is 0 Å². The van der Waals surface area contributed by atoms with Crippen molar-refractivity contribution >= 4 is 16.3 Å². The molecule has 0 saturated heterocycles. The van der Waals surface area contributed by atoms with E-state index in [-0.39, 0.29) is 0 Å². The molecule has 0 N–H and O–H groups in total. The first-order chi connectivity index (χ1) is 7.88. The lowest BCUT2D eigenvalue weighted by Gasteiger charge is -1.92. The molecule has 80 valence electrons. The molecule has 3 rings (SSSR count). The molecule has 3 aromatic rings. The summed E-state index contributed by atoms with van der Waals surface area (Å²) >= 11 is 1.56. The maximum atomic E-state index is 4.52. The highest BCUT2D eigenvalue weighted by molar-refractivity contribution is 7.19. The summed E-state index contributed by atoms with van der Waals surface area (Å²) < 4.78 is 1.83. The van der Waals surface area contributed by atoms with E-state index in [1.54, 1.807) is 11.3 Å². The molecule has 0 unspecified atom stereocenters. The molecule has 2 aromatic heterocycles. The first-order valence-corrected chi connectivity index (χ1v) is 5.96. The van der Waals surface area contributed by atoms with E-state index < -0.39 is 0 Å². The number of aryl methyl sites for hydroxylation is 1. The van der Waals surface area contributed by atoms with Crippen molar-refractivity contribution in [3.8, 4) is 10.6 Å². The van der Waals surface area contributed by atoms with Gasteiger partial charge < -0.3 is 0 Å². The van der Waals surface area contributed by atoms with Crippen LogP contribution in [-0.4, -0.2) is 19.8 Å². The number of hydrogen-bond donors (Lipinski definition) is 0. The highest BCUT2D eigenvalue weighted by atomic mass is 32.1. The topological polar surface area (TPSA) is 43.1 Å². The van der Waals surface area contributed by atoms with Gasteiger partial charge in [0.25, 0.3) is 0 Å². The summed E-state index contributed by atoms with van der Waals surface area (Å²) in [6, 6.07) is 10.1. The largest absolute Gasteiger partial charge is 0.234 e. The minimum atomic E-state index is 0.846. The molecule has 0 atom stereocenters. The average molecular weight is 230 g/mol. The summed E-state index contributed by atoms with van der Waals surface area (Å²) in [7, 11) is 0. The van der Waals surface area contributed by atoms with Gasteiger partial charge in [-0.1, -0.05) is 48.6 Å². The summed E-state index contributed by atoms with van der Waals surface area (Å²) in [4.78, 5) is 0.857. The Morgan fingerprint density at radius 3 is 2.75 bits per heavy atom. The van der Waals surface area contributed by atoms with Crippen molar-refractivity contribution in [1.29, 1.82) is 0 Å². The minimum absolute atomic E-state index is 0.846. The third-order valence-electron chi connectivity index (χ3n) is 2.39. The zero-order valence-corrected chi connectivity index (χ0v) is 9.61. The van der Waals surface area contributed by atoms with Gasteiger partial charge in [0.15, 0.2) is 5.82 Å². The van der Waals surface area contributed by atoms with Gasteiger partial charge in [0, 0.05) is 12.0 Å². The molecule has 4 nitrogen and oxygen atoms in total. The highest BCUT2D eigenvalue weighted by Gasteiger charge is 2.10. The van der Waals surface area contributed by atoms with E-state index in [0.29, 0.717) is 0 Å². The van der Waals surface area contributed by atoms with Crippen LogP contribution in [0.15, 0.2) is 30.3 Å². The molecule has 2 heterocycles. The van der Waals surface area contributed by atoms with Crippen LogP contribution in [0.4, 0.5) is 0 Å². The molecular formula is C11H10N4S. The van der Waals surface area contributed by atoms with E-state index in [4.69, 9.17) is 0 Å². The van der Waals surface area contributed by atoms with Gasteiger partial charge in [-0.25, -0.2) is 0 Å². The number of rotatable bonds is 2. The smallest absolute Gasteiger partial charge is 0.187 e. The summed E-state index contributed by atoms with van der Waals surface area (Å²) in [6.45, 7) is 2.05. The molecule has 0 bridgehead atoms. The van der Waals surface area contributed by atoms with Crippen molar-refractivity contribution in [1.82, 2.24) is 19.8 Å². The molecule has 0 spiro atoms. The average Bonchev–Trinajstić information content (AvgIpc) is 2.89. The fourth-order valence-electron chi connectivity index (χ4n) is 1.58. The number of aromatic nitrogens is 4. The van der Waals surface area contributed by atoms with Crippen molar-refractivity contribution in [3.63, 3.8) is 0 Å². The fourth-order valence-corrected chi connectivity index (χ4v) is 2.44. The van der Waals surface area contributed by atoms with Crippen LogP contribution in [0.1, 0.15) is 12.7 Å². The van der Waals surface area contributed by atoms with Gasteiger partial charge in [-0.15, -0.1) is 10.2 Å². The first kappa shape index (κ1) is 9.47. The Balaban J connectivity index is 2.16. The Morgan fingerprint density at radius 1 is 1.19 bits per heavy atom. The third kappa shape index (κ3) is 1.40. The van der Waals surface area contributed by atoms with Crippen LogP contribution < -0.4 is 0 Å². The summed E-state index contributed by atoms with van der Waals surface area (Å²) in [5.74, 6) is 0.911. The molecule has 0 aliphatic heterocycles. The Labute approximate surface area is 96.6 Å². The highest BCUT2D eigenvalue weighted by Crippen LogP contribution is 2.24. The second kappa shape index (κ2) is 3.68. The predicted octanol–water partition coefficient (Wildman–Crippen LogP) is 2.42. The normalized spacial score (nSPS) is 11.1. The Hall–Kier alpha value is -1.75. The zero-order chi connectivity index (χ0) is 11.0. The van der Waals surface area contributed by atoms with Crippen LogP contribution in [-0.2, 0) is 6.42 Å². The lowest BCUT2D eigenvalue weighted by molar-refractivity contribution is 0.838. The summed E-state index contributed by atoms with van der Waals surface area (Å²) in [5, 5.41) is 13.7. The second-order valence-electron chi connectivity index (χ2n) is 3.44. The van der Waals surface area contributed by atoms with Crippen LogP contribution in [0.2, 0.25) is 0 Å². The Kier molecular flexibility index (Phi) is 2.18. The molecule has 16 heavy (non-hydrogen) atoms. The molecule has 1 aromatic carbocycles. The lowest BCUT2D eigenvalue weighted by atomic mass is 10.2. The fraction of sp³-hybridized carbons (Fsp3) is 0.182. The van der Waals surface area contributed by atoms with Crippen molar-refractivity contribution in [2.45, 2.75) is 13.3 Å². The van der Waals surface area contributed by atoms with E-state index in [0.717, 1.165) is 27.8 Å². The van der Waals surface area contributed by atoms with Crippen LogP contribution in [0.3, 0.4) is 0 Å². The Bertz CT molecular complexity index is 611. The molecule has 0 aliphatic rings. The van der Waals surface area contributed by atoms with Gasteiger partial charge in [0.2, 0.25) is 4.96 Å². The monoisotopic (exact) mass is 230 g/mol. The first-order valence-electron chi connectivity index (χ1n) is 5.15. The molecule has 0 amide bonds. The van der Waals surface area contributed by atoms with E-state index in [1.165, 1.54) is 0 Å². The van der Waals surface area contributed by atoms with Crippen LogP contribution in [0, 0.1) is 0 Å². The van der Waals surface area contributed by atoms with E-state index in [2.05, 4.69) is 34.4 Å². The maximum absolute atomic E-state index is 4.52. The molecule has 0 aliphatic carbocycles. The van der Waals surface area contributed by atoms with Crippen molar-refractivity contribution in [2.75, 3.05) is 0 Å². The molecule has 5 heteroatoms. The maximum Gasteiger partial charge on any atom is 0.234 e. The van der Waals surface area contributed by atoms with Gasteiger partial charge in [-0.2, -0.15) is 9.61 Å². The van der Waals surface area contributed by atoms with Crippen LogP contribution in [0.5, 0.6) is 0 Å². The number of nitrogens with zero attached hydrogens (tertiary/aromatic N) is 4. The van der Waals surface area contributed by atoms with Crippen molar-refractivity contribution < 1.29 is 0 Å². The van der Waals surface area contributed by atoms with E-state index in [1.807, 2.05) is 22.7 Å². The molecule has 0 radical (unpaired) electrons. The standard InChI is InChI=1S/C11H10N4S/c1-2-9-12-13-11-15(9)14-10(16-11)8-6-4-3-5-7-8/h3-7H,2H2,1H3. The zero-order valence-electron chi connectivity index (χ0n) is 8.79. The lowest BCUT2D eigenvalue weighted by Crippen LogP contribution is -1.93. The van der Waals surface area contributed by atoms with Crippen LogP contribution >= 0.6 is 11.3 Å². The van der Waals surface area contributed by atoms with Crippen molar-refractivity contribution in [3.05, 3.63) is 36.2 Å². The van der Waals surface area contributed by atoms with E-state index >= 15 is 0 Å². The number of hydrogen-bond acceptors (Lipinski definition) is 4. The van der Waals surface area contributed by atoms with Gasteiger partial charge in [-0.05, 0) is 0 Å². The second-order valence-corrected chi connectivity index (χ2v) is 4.39. The number of benzene rings is 1. The van der Waals surface area contributed by atoms with Gasteiger partial charge in [0.05, 0.1) is 0 Å². The molecule has 0 saturated carbocycles. The Morgan fingerprint density at radius 2 is 2.00 bits per heavy atom. The minimum Gasteiger partial charge on any atom is -0.187 e. The van der Waals surface area contributed by atoms with Gasteiger partial charge >= 0.3 is 0 Å². The van der Waals surface area contributed by atoms with Gasteiger partial charge in [-0.3, -0.25) is 0 Å². The SMILES string of the molecule is CCc1nnc2sc(-c3ccccc3)nn12. The third-order valence-corrected chi connectivity index (χ3v) is 3.34. The summed E-state index contributed by atoms with van der Waals surface area (Å²) in [6.07, 6.45) is 0.846. The quantitative estimate of drug-likeness (QED) is 0.679. The number of fused-ring (bicyclic) bond motifs is 1. The molecule has 0 fully saturated rings. The molecular weight excluding hydrogens is 220 g/mol. The predicted molar refractivity (Wildman–Crippen MR) is 63.5 cm³/mol. The van der Waals surface area contributed by atoms with Gasteiger partial charge in [0.1, 0.15) is 5.01 Å².